The summed E-state index contributed by atoms with van der Waals surface area (Å²) in [5.74, 6) is 1.16. The molecule has 1 saturated heterocycles. The minimum Gasteiger partial charge on any atom is -0.497 e. The maximum Gasteiger partial charge on any atom is 0.131 e. The molecule has 0 radical (unpaired) electrons. The van der Waals surface area contributed by atoms with E-state index in [4.69, 9.17) is 4.74 Å². The van der Waals surface area contributed by atoms with Crippen molar-refractivity contribution in [2.24, 2.45) is 5.92 Å². The molecule has 0 saturated carbocycles. The van der Waals surface area contributed by atoms with E-state index >= 15 is 0 Å². The first-order chi connectivity index (χ1) is 10.1. The van der Waals surface area contributed by atoms with E-state index in [1.165, 1.54) is 18.9 Å². The Bertz CT molecular complexity index is 442. The molecule has 0 amide bonds. The molecular formula is C17H27FN2O. The Morgan fingerprint density at radius 2 is 2.05 bits per heavy atom. The molecule has 0 unspecified atom stereocenters. The van der Waals surface area contributed by atoms with Gasteiger partial charge in [-0.3, -0.25) is 4.90 Å². The second-order valence-electron chi connectivity index (χ2n) is 6.24. The van der Waals surface area contributed by atoms with Crippen LogP contribution in [-0.4, -0.2) is 37.7 Å². The van der Waals surface area contributed by atoms with Crippen LogP contribution in [0.2, 0.25) is 0 Å². The first kappa shape index (κ1) is 16.2. The number of rotatable bonds is 6. The second kappa shape index (κ2) is 7.76. The number of benzene rings is 1. The molecule has 0 spiro atoms. The molecule has 1 fully saturated rings. The van der Waals surface area contributed by atoms with Gasteiger partial charge in [0.25, 0.3) is 0 Å². The normalized spacial score (nSPS) is 17.4. The molecule has 1 aromatic carbocycles. The fourth-order valence-corrected chi connectivity index (χ4v) is 2.78. The number of nitrogens with one attached hydrogen (secondary N) is 1. The summed E-state index contributed by atoms with van der Waals surface area (Å²) in [6.45, 7) is 8.26. The molecule has 0 atom stereocenters. The smallest absolute Gasteiger partial charge is 0.131 e. The number of methoxy groups -OCH3 is 1. The SMILES string of the molecule is COc1ccc(CN2CCC(CNC(C)C)CC2)c(F)c1. The summed E-state index contributed by atoms with van der Waals surface area (Å²) < 4.78 is 19.0. The van der Waals surface area contributed by atoms with Crippen molar-refractivity contribution < 1.29 is 9.13 Å². The summed E-state index contributed by atoms with van der Waals surface area (Å²) in [6.07, 6.45) is 2.38. The number of ether oxygens (including phenoxy) is 1. The van der Waals surface area contributed by atoms with Gasteiger partial charge in [0.2, 0.25) is 0 Å². The second-order valence-corrected chi connectivity index (χ2v) is 6.24. The molecule has 1 aliphatic heterocycles. The first-order valence-electron chi connectivity index (χ1n) is 7.86. The van der Waals surface area contributed by atoms with Crippen LogP contribution in [0.15, 0.2) is 18.2 Å². The van der Waals surface area contributed by atoms with Gasteiger partial charge in [-0.05, 0) is 44.5 Å². The summed E-state index contributed by atoms with van der Waals surface area (Å²) in [5, 5.41) is 3.51. The van der Waals surface area contributed by atoms with Crippen molar-refractivity contribution in [3.05, 3.63) is 29.6 Å². The monoisotopic (exact) mass is 294 g/mol. The molecule has 118 valence electrons. The zero-order chi connectivity index (χ0) is 15.2. The van der Waals surface area contributed by atoms with Crippen LogP contribution >= 0.6 is 0 Å². The molecule has 1 N–H and O–H groups in total. The largest absolute Gasteiger partial charge is 0.497 e. The van der Waals surface area contributed by atoms with Gasteiger partial charge in [-0.1, -0.05) is 19.9 Å². The average Bonchev–Trinajstić information content (AvgIpc) is 2.48. The predicted molar refractivity (Wildman–Crippen MR) is 84.1 cm³/mol. The van der Waals surface area contributed by atoms with Gasteiger partial charge in [-0.2, -0.15) is 0 Å². The van der Waals surface area contributed by atoms with Crippen molar-refractivity contribution in [1.82, 2.24) is 10.2 Å². The molecule has 21 heavy (non-hydrogen) atoms. The van der Waals surface area contributed by atoms with Gasteiger partial charge < -0.3 is 10.1 Å². The van der Waals surface area contributed by atoms with Gasteiger partial charge in [0.05, 0.1) is 7.11 Å². The Labute approximate surface area is 127 Å². The van der Waals surface area contributed by atoms with E-state index in [0.29, 0.717) is 18.3 Å². The molecular weight excluding hydrogens is 267 g/mol. The molecule has 2 rings (SSSR count). The lowest BCUT2D eigenvalue weighted by Gasteiger charge is -2.32. The van der Waals surface area contributed by atoms with E-state index < -0.39 is 0 Å². The number of likely N-dealkylation sites (tertiary alicyclic amines) is 1. The third-order valence-electron chi connectivity index (χ3n) is 4.18. The van der Waals surface area contributed by atoms with Crippen molar-refractivity contribution in [2.45, 2.75) is 39.3 Å². The highest BCUT2D eigenvalue weighted by molar-refractivity contribution is 5.28. The Morgan fingerprint density at radius 1 is 1.33 bits per heavy atom. The van der Waals surface area contributed by atoms with Crippen LogP contribution in [0.25, 0.3) is 0 Å². The fraction of sp³-hybridized carbons (Fsp3) is 0.647. The highest BCUT2D eigenvalue weighted by Gasteiger charge is 2.20. The van der Waals surface area contributed by atoms with Crippen LogP contribution in [0.1, 0.15) is 32.3 Å². The molecule has 1 aromatic rings. The molecule has 1 heterocycles. The van der Waals surface area contributed by atoms with E-state index in [2.05, 4.69) is 24.1 Å². The molecule has 3 nitrogen and oxygen atoms in total. The Balaban J connectivity index is 1.80. The molecule has 0 aliphatic carbocycles. The van der Waals surface area contributed by atoms with Crippen LogP contribution in [0.5, 0.6) is 5.75 Å². The van der Waals surface area contributed by atoms with Crippen molar-refractivity contribution in [3.63, 3.8) is 0 Å². The van der Waals surface area contributed by atoms with Crippen LogP contribution in [-0.2, 0) is 6.54 Å². The van der Waals surface area contributed by atoms with E-state index in [9.17, 15) is 4.39 Å². The average molecular weight is 294 g/mol. The number of piperidine rings is 1. The lowest BCUT2D eigenvalue weighted by Crippen LogP contribution is -2.38. The third-order valence-corrected chi connectivity index (χ3v) is 4.18. The van der Waals surface area contributed by atoms with E-state index in [-0.39, 0.29) is 5.82 Å². The lowest BCUT2D eigenvalue weighted by molar-refractivity contribution is 0.172. The molecule has 4 heteroatoms. The maximum atomic E-state index is 14.0. The van der Waals surface area contributed by atoms with Gasteiger partial charge in [0, 0.05) is 24.2 Å². The summed E-state index contributed by atoms with van der Waals surface area (Å²) in [7, 11) is 1.56. The minimum absolute atomic E-state index is 0.169. The van der Waals surface area contributed by atoms with Gasteiger partial charge in [0.15, 0.2) is 0 Å². The maximum absolute atomic E-state index is 14.0. The fourth-order valence-electron chi connectivity index (χ4n) is 2.78. The number of halogens is 1. The standard InChI is InChI=1S/C17H27FN2O/c1-13(2)19-11-14-6-8-20(9-7-14)12-15-4-5-16(21-3)10-17(15)18/h4-5,10,13-14,19H,6-9,11-12H2,1-3H3. The van der Waals surface area contributed by atoms with Crippen LogP contribution < -0.4 is 10.1 Å². The third kappa shape index (κ3) is 4.97. The first-order valence-corrected chi connectivity index (χ1v) is 7.86. The zero-order valence-electron chi connectivity index (χ0n) is 13.4. The number of nitrogens with zero attached hydrogens (tertiary/aromatic N) is 1. The van der Waals surface area contributed by atoms with Crippen LogP contribution in [0.3, 0.4) is 0 Å². The van der Waals surface area contributed by atoms with Gasteiger partial charge in [-0.25, -0.2) is 4.39 Å². The Morgan fingerprint density at radius 3 is 2.62 bits per heavy atom. The van der Waals surface area contributed by atoms with Crippen LogP contribution in [0, 0.1) is 11.7 Å². The summed E-state index contributed by atoms with van der Waals surface area (Å²) in [6, 6.07) is 5.68. The van der Waals surface area contributed by atoms with Gasteiger partial charge >= 0.3 is 0 Å². The predicted octanol–water partition coefficient (Wildman–Crippen LogP) is 3.04. The van der Waals surface area contributed by atoms with Gasteiger partial charge in [0.1, 0.15) is 11.6 Å². The quantitative estimate of drug-likeness (QED) is 0.873. The summed E-state index contributed by atoms with van der Waals surface area (Å²) in [5.41, 5.74) is 0.759. The van der Waals surface area contributed by atoms with Crippen LogP contribution in [0.4, 0.5) is 4.39 Å². The highest BCUT2D eigenvalue weighted by Crippen LogP contribution is 2.21. The number of hydrogen-bond donors (Lipinski definition) is 1. The Kier molecular flexibility index (Phi) is 6.00. The topological polar surface area (TPSA) is 24.5 Å². The summed E-state index contributed by atoms with van der Waals surface area (Å²) in [4.78, 5) is 2.34. The van der Waals surface area contributed by atoms with Crippen molar-refractivity contribution in [1.29, 1.82) is 0 Å². The van der Waals surface area contributed by atoms with Crippen molar-refractivity contribution >= 4 is 0 Å². The van der Waals surface area contributed by atoms with E-state index in [1.807, 2.05) is 12.1 Å². The van der Waals surface area contributed by atoms with Gasteiger partial charge in [-0.15, -0.1) is 0 Å². The zero-order valence-corrected chi connectivity index (χ0v) is 13.4. The highest BCUT2D eigenvalue weighted by atomic mass is 19.1. The summed E-state index contributed by atoms with van der Waals surface area (Å²) >= 11 is 0. The molecule has 1 aliphatic rings. The van der Waals surface area contributed by atoms with Crippen molar-refractivity contribution in [2.75, 3.05) is 26.7 Å². The number of hydrogen-bond acceptors (Lipinski definition) is 3. The Hall–Kier alpha value is -1.13. The molecule has 0 aromatic heterocycles. The van der Waals surface area contributed by atoms with E-state index in [1.54, 1.807) is 7.11 Å². The molecule has 0 bridgehead atoms. The van der Waals surface area contributed by atoms with E-state index in [0.717, 1.165) is 31.1 Å². The minimum atomic E-state index is -0.169. The lowest BCUT2D eigenvalue weighted by atomic mass is 9.96. The van der Waals surface area contributed by atoms with Crippen molar-refractivity contribution in [3.8, 4) is 5.75 Å².